The first-order valence-corrected chi connectivity index (χ1v) is 9.69. The maximum absolute atomic E-state index is 12.0. The van der Waals surface area contributed by atoms with E-state index in [1.807, 2.05) is 30.3 Å². The molecule has 1 aliphatic rings. The molecule has 4 rings (SSSR count). The molecule has 0 unspecified atom stereocenters. The van der Waals surface area contributed by atoms with E-state index in [9.17, 15) is 4.79 Å². The van der Waals surface area contributed by atoms with Gasteiger partial charge in [0.25, 0.3) is 0 Å². The molecular weight excluding hydrogens is 364 g/mol. The van der Waals surface area contributed by atoms with E-state index in [-0.39, 0.29) is 5.69 Å². The average Bonchev–Trinajstić information content (AvgIpc) is 3.37. The van der Waals surface area contributed by atoms with E-state index in [0.717, 1.165) is 40.0 Å². The highest BCUT2D eigenvalue weighted by Gasteiger charge is 2.23. The number of rotatable bonds is 5. The van der Waals surface area contributed by atoms with Gasteiger partial charge in [-0.25, -0.2) is 9.78 Å². The summed E-state index contributed by atoms with van der Waals surface area (Å²) in [6, 6.07) is 11.8. The van der Waals surface area contributed by atoms with E-state index in [1.165, 1.54) is 0 Å². The fourth-order valence-electron chi connectivity index (χ4n) is 2.93. The molecule has 1 saturated heterocycles. The third-order valence-corrected chi connectivity index (χ3v) is 5.37. The number of morpholine rings is 1. The van der Waals surface area contributed by atoms with Crippen molar-refractivity contribution in [3.8, 4) is 21.1 Å². The molecule has 0 atom stereocenters. The van der Waals surface area contributed by atoms with Crippen LogP contribution in [0.3, 0.4) is 0 Å². The SMILES string of the molecule is CCOC(=O)c1cc(-c2sc(-c3ccccc3)nc2N2CCOCC2)[nH]n1. The van der Waals surface area contributed by atoms with Crippen molar-refractivity contribution in [1.29, 1.82) is 0 Å². The number of ether oxygens (including phenoxy) is 2. The largest absolute Gasteiger partial charge is 0.461 e. The standard InChI is InChI=1S/C19H20N4O3S/c1-2-26-19(24)15-12-14(21-22-15)16-17(23-8-10-25-11-9-23)20-18(27-16)13-6-4-3-5-7-13/h3-7,12H,2,8-11H2,1H3,(H,21,22). The monoisotopic (exact) mass is 384 g/mol. The Morgan fingerprint density at radius 3 is 2.81 bits per heavy atom. The lowest BCUT2D eigenvalue weighted by Crippen LogP contribution is -2.36. The van der Waals surface area contributed by atoms with Gasteiger partial charge >= 0.3 is 5.97 Å². The first-order chi connectivity index (χ1) is 13.3. The van der Waals surface area contributed by atoms with Crippen molar-refractivity contribution < 1.29 is 14.3 Å². The van der Waals surface area contributed by atoms with Crippen LogP contribution in [-0.2, 0) is 9.47 Å². The van der Waals surface area contributed by atoms with Gasteiger partial charge in [0.1, 0.15) is 10.8 Å². The number of benzene rings is 1. The number of carbonyl (C=O) groups is 1. The normalized spacial score (nSPS) is 14.3. The van der Waals surface area contributed by atoms with Crippen molar-refractivity contribution in [2.24, 2.45) is 0 Å². The van der Waals surface area contributed by atoms with Gasteiger partial charge in [0.05, 0.1) is 30.4 Å². The number of nitrogens with zero attached hydrogens (tertiary/aromatic N) is 3. The molecule has 3 aromatic rings. The quantitative estimate of drug-likeness (QED) is 0.681. The minimum Gasteiger partial charge on any atom is -0.461 e. The zero-order valence-corrected chi connectivity index (χ0v) is 15.8. The molecule has 0 saturated carbocycles. The van der Waals surface area contributed by atoms with Crippen LogP contribution in [0.1, 0.15) is 17.4 Å². The van der Waals surface area contributed by atoms with Gasteiger partial charge in [0.2, 0.25) is 0 Å². The average molecular weight is 384 g/mol. The topological polar surface area (TPSA) is 80.3 Å². The zero-order chi connectivity index (χ0) is 18.6. The van der Waals surface area contributed by atoms with Crippen LogP contribution in [0.4, 0.5) is 5.82 Å². The molecule has 140 valence electrons. The summed E-state index contributed by atoms with van der Waals surface area (Å²) < 4.78 is 10.5. The number of carbonyl (C=O) groups excluding carboxylic acids is 1. The number of hydrogen-bond donors (Lipinski definition) is 1. The van der Waals surface area contributed by atoms with Crippen LogP contribution in [0.15, 0.2) is 36.4 Å². The summed E-state index contributed by atoms with van der Waals surface area (Å²) in [6.45, 7) is 5.01. The van der Waals surface area contributed by atoms with Crippen LogP contribution >= 0.6 is 11.3 Å². The molecule has 0 spiro atoms. The van der Waals surface area contributed by atoms with Crippen LogP contribution in [0.5, 0.6) is 0 Å². The van der Waals surface area contributed by atoms with Crippen LogP contribution < -0.4 is 4.90 Å². The number of thiazole rings is 1. The third-order valence-electron chi connectivity index (χ3n) is 4.25. The van der Waals surface area contributed by atoms with Crippen molar-refractivity contribution in [3.63, 3.8) is 0 Å². The van der Waals surface area contributed by atoms with E-state index in [1.54, 1.807) is 24.3 Å². The summed E-state index contributed by atoms with van der Waals surface area (Å²) in [5.74, 6) is 0.460. The summed E-state index contributed by atoms with van der Waals surface area (Å²) in [4.78, 5) is 20.0. The van der Waals surface area contributed by atoms with E-state index < -0.39 is 5.97 Å². The van der Waals surface area contributed by atoms with Gasteiger partial charge in [-0.1, -0.05) is 30.3 Å². The van der Waals surface area contributed by atoms with Crippen molar-refractivity contribution in [2.75, 3.05) is 37.8 Å². The van der Waals surface area contributed by atoms with E-state index in [0.29, 0.717) is 19.8 Å². The second-order valence-corrected chi connectivity index (χ2v) is 7.02. The van der Waals surface area contributed by atoms with Crippen molar-refractivity contribution in [2.45, 2.75) is 6.92 Å². The molecule has 0 amide bonds. The molecule has 0 bridgehead atoms. The molecule has 3 heterocycles. The molecular formula is C19H20N4O3S. The third kappa shape index (κ3) is 3.72. The molecule has 2 aromatic heterocycles. The number of esters is 1. The lowest BCUT2D eigenvalue weighted by molar-refractivity contribution is 0.0519. The van der Waals surface area contributed by atoms with Crippen LogP contribution in [-0.4, -0.2) is 54.1 Å². The fourth-order valence-corrected chi connectivity index (χ4v) is 3.99. The van der Waals surface area contributed by atoms with Crippen LogP contribution in [0, 0.1) is 0 Å². The molecule has 1 aliphatic heterocycles. The number of nitrogens with one attached hydrogen (secondary N) is 1. The maximum atomic E-state index is 12.0. The lowest BCUT2D eigenvalue weighted by Gasteiger charge is -2.27. The molecule has 1 aromatic carbocycles. The predicted octanol–water partition coefficient (Wildman–Crippen LogP) is 3.21. The van der Waals surface area contributed by atoms with Gasteiger partial charge in [-0.2, -0.15) is 5.10 Å². The molecule has 1 fully saturated rings. The van der Waals surface area contributed by atoms with Gasteiger partial charge in [0, 0.05) is 18.7 Å². The van der Waals surface area contributed by atoms with Crippen molar-refractivity contribution in [1.82, 2.24) is 15.2 Å². The molecule has 1 N–H and O–H groups in total. The van der Waals surface area contributed by atoms with Gasteiger partial charge in [-0.3, -0.25) is 5.10 Å². The van der Waals surface area contributed by atoms with E-state index in [2.05, 4.69) is 15.1 Å². The smallest absolute Gasteiger partial charge is 0.358 e. The summed E-state index contributed by atoms with van der Waals surface area (Å²) in [5, 5.41) is 8.01. The lowest BCUT2D eigenvalue weighted by atomic mass is 10.2. The molecule has 27 heavy (non-hydrogen) atoms. The number of H-pyrrole nitrogens is 1. The molecule has 7 nitrogen and oxygen atoms in total. The van der Waals surface area contributed by atoms with Crippen molar-refractivity contribution in [3.05, 3.63) is 42.1 Å². The highest BCUT2D eigenvalue weighted by molar-refractivity contribution is 7.19. The molecule has 8 heteroatoms. The maximum Gasteiger partial charge on any atom is 0.358 e. The Bertz CT molecular complexity index is 916. The Morgan fingerprint density at radius 2 is 2.07 bits per heavy atom. The summed E-state index contributed by atoms with van der Waals surface area (Å²) in [5.41, 5.74) is 2.10. The Labute approximate surface area is 161 Å². The van der Waals surface area contributed by atoms with E-state index in [4.69, 9.17) is 14.5 Å². The molecule has 0 aliphatic carbocycles. The van der Waals surface area contributed by atoms with Gasteiger partial charge < -0.3 is 14.4 Å². The Balaban J connectivity index is 1.74. The minimum atomic E-state index is -0.430. The van der Waals surface area contributed by atoms with Crippen LogP contribution in [0.2, 0.25) is 0 Å². The minimum absolute atomic E-state index is 0.273. The van der Waals surface area contributed by atoms with Crippen molar-refractivity contribution >= 4 is 23.1 Å². The Kier molecular flexibility index (Phi) is 5.17. The highest BCUT2D eigenvalue weighted by atomic mass is 32.1. The second-order valence-electron chi connectivity index (χ2n) is 6.02. The van der Waals surface area contributed by atoms with Crippen LogP contribution in [0.25, 0.3) is 21.1 Å². The summed E-state index contributed by atoms with van der Waals surface area (Å²) >= 11 is 1.58. The summed E-state index contributed by atoms with van der Waals surface area (Å²) in [7, 11) is 0. The second kappa shape index (κ2) is 7.89. The Morgan fingerprint density at radius 1 is 1.30 bits per heavy atom. The molecule has 0 radical (unpaired) electrons. The number of aromatic amines is 1. The summed E-state index contributed by atoms with van der Waals surface area (Å²) in [6.07, 6.45) is 0. The van der Waals surface area contributed by atoms with E-state index >= 15 is 0 Å². The fraction of sp³-hybridized carbons (Fsp3) is 0.316. The first-order valence-electron chi connectivity index (χ1n) is 8.88. The highest BCUT2D eigenvalue weighted by Crippen LogP contribution is 2.40. The number of anilines is 1. The van der Waals surface area contributed by atoms with Gasteiger partial charge in [0.15, 0.2) is 5.69 Å². The number of aromatic nitrogens is 3. The zero-order valence-electron chi connectivity index (χ0n) is 15.0. The first kappa shape index (κ1) is 17.7. The van der Waals surface area contributed by atoms with Gasteiger partial charge in [-0.05, 0) is 13.0 Å². The Hall–Kier alpha value is -2.71. The van der Waals surface area contributed by atoms with Gasteiger partial charge in [-0.15, -0.1) is 11.3 Å². The number of hydrogen-bond acceptors (Lipinski definition) is 7. The predicted molar refractivity (Wildman–Crippen MR) is 104 cm³/mol.